The van der Waals surface area contributed by atoms with Gasteiger partial charge in [-0.25, -0.2) is 9.97 Å². The minimum atomic E-state index is 0.748. The number of pyridine rings is 1. The molecule has 0 aromatic carbocycles. The number of hydrogen-bond donors (Lipinski definition) is 0. The summed E-state index contributed by atoms with van der Waals surface area (Å²) in [5, 5.41) is 2.11. The zero-order valence-electron chi connectivity index (χ0n) is 11.0. The van der Waals surface area contributed by atoms with Crippen LogP contribution in [-0.4, -0.2) is 26.0 Å². The van der Waals surface area contributed by atoms with Crippen LogP contribution in [0, 0.1) is 5.92 Å². The van der Waals surface area contributed by atoms with Gasteiger partial charge in [0.1, 0.15) is 5.52 Å². The van der Waals surface area contributed by atoms with Crippen molar-refractivity contribution in [3.63, 3.8) is 0 Å². The average molecular weight is 301 g/mol. The Morgan fingerprint density at radius 1 is 1.30 bits per heavy atom. The van der Waals surface area contributed by atoms with Crippen molar-refractivity contribution >= 4 is 34.3 Å². The number of nitrogens with zero attached hydrogens (tertiary/aromatic N) is 3. The fraction of sp³-hybridized carbons (Fsp3) is 0.333. The van der Waals surface area contributed by atoms with Gasteiger partial charge in [-0.2, -0.15) is 11.8 Å². The molecule has 1 saturated heterocycles. The first-order valence-corrected chi connectivity index (χ1v) is 8.88. The van der Waals surface area contributed by atoms with Crippen LogP contribution in [0.15, 0.2) is 35.8 Å². The second-order valence-electron chi connectivity index (χ2n) is 5.10. The van der Waals surface area contributed by atoms with Gasteiger partial charge in [0, 0.05) is 12.7 Å². The number of hydrogen-bond acceptors (Lipinski definition) is 4. The molecule has 102 valence electrons. The molecule has 3 aromatic rings. The van der Waals surface area contributed by atoms with Crippen LogP contribution in [0.2, 0.25) is 0 Å². The number of rotatable bonds is 3. The van der Waals surface area contributed by atoms with Crippen molar-refractivity contribution in [3.8, 4) is 10.7 Å². The summed E-state index contributed by atoms with van der Waals surface area (Å²) in [4.78, 5) is 10.6. The predicted molar refractivity (Wildman–Crippen MR) is 86.3 cm³/mol. The van der Waals surface area contributed by atoms with E-state index in [1.165, 1.54) is 22.8 Å². The first kappa shape index (κ1) is 12.4. The van der Waals surface area contributed by atoms with Crippen LogP contribution < -0.4 is 0 Å². The lowest BCUT2D eigenvalue weighted by molar-refractivity contribution is 0.502. The van der Waals surface area contributed by atoms with Gasteiger partial charge in [0.15, 0.2) is 11.5 Å². The van der Waals surface area contributed by atoms with Crippen molar-refractivity contribution in [3.05, 3.63) is 35.8 Å². The van der Waals surface area contributed by atoms with Crippen molar-refractivity contribution in [2.45, 2.75) is 13.0 Å². The molecule has 3 nitrogen and oxygen atoms in total. The van der Waals surface area contributed by atoms with Gasteiger partial charge in [0.05, 0.1) is 4.88 Å². The Kier molecular flexibility index (Phi) is 3.24. The van der Waals surface area contributed by atoms with Crippen LogP contribution in [0.5, 0.6) is 0 Å². The van der Waals surface area contributed by atoms with Crippen molar-refractivity contribution in [1.82, 2.24) is 14.5 Å². The van der Waals surface area contributed by atoms with E-state index in [-0.39, 0.29) is 0 Å². The monoisotopic (exact) mass is 301 g/mol. The number of fused-ring (bicyclic) bond motifs is 1. The quantitative estimate of drug-likeness (QED) is 0.735. The van der Waals surface area contributed by atoms with E-state index >= 15 is 0 Å². The van der Waals surface area contributed by atoms with Crippen LogP contribution in [0.4, 0.5) is 0 Å². The van der Waals surface area contributed by atoms with Gasteiger partial charge < -0.3 is 4.57 Å². The van der Waals surface area contributed by atoms with E-state index < -0.39 is 0 Å². The van der Waals surface area contributed by atoms with E-state index in [0.29, 0.717) is 0 Å². The Hall–Kier alpha value is -1.33. The SMILES string of the molecule is c1csc(-c2nc3cccnc3n2CC2CCSC2)c1. The highest BCUT2D eigenvalue weighted by molar-refractivity contribution is 7.99. The van der Waals surface area contributed by atoms with Gasteiger partial charge in [0.2, 0.25) is 0 Å². The molecule has 4 rings (SSSR count). The standard InChI is InChI=1S/C15H15N3S2/c1-3-12-14(16-6-1)18(9-11-5-8-19-10-11)15(17-12)13-4-2-7-20-13/h1-4,6-7,11H,5,8-10H2. The molecule has 20 heavy (non-hydrogen) atoms. The first-order chi connectivity index (χ1) is 9.92. The average Bonchev–Trinajstić information content (AvgIpc) is 3.19. The maximum atomic E-state index is 4.80. The lowest BCUT2D eigenvalue weighted by Gasteiger charge is -2.12. The zero-order chi connectivity index (χ0) is 13.4. The molecule has 3 aromatic heterocycles. The molecule has 0 N–H and O–H groups in total. The summed E-state index contributed by atoms with van der Waals surface area (Å²) in [6.45, 7) is 1.04. The van der Waals surface area contributed by atoms with Crippen molar-refractivity contribution in [2.24, 2.45) is 5.92 Å². The Morgan fingerprint density at radius 2 is 2.30 bits per heavy atom. The van der Waals surface area contributed by atoms with Gasteiger partial charge in [-0.3, -0.25) is 0 Å². The molecule has 0 radical (unpaired) electrons. The molecule has 1 fully saturated rings. The van der Waals surface area contributed by atoms with Gasteiger partial charge >= 0.3 is 0 Å². The molecule has 0 saturated carbocycles. The molecule has 1 unspecified atom stereocenters. The zero-order valence-corrected chi connectivity index (χ0v) is 12.7. The molecule has 1 aliphatic rings. The smallest absolute Gasteiger partial charge is 0.160 e. The number of imidazole rings is 1. The van der Waals surface area contributed by atoms with E-state index in [1.54, 1.807) is 11.3 Å². The maximum Gasteiger partial charge on any atom is 0.160 e. The Balaban J connectivity index is 1.84. The number of thiophene rings is 1. The highest BCUT2D eigenvalue weighted by Crippen LogP contribution is 2.31. The van der Waals surface area contributed by atoms with Gasteiger partial charge in [0.25, 0.3) is 0 Å². The predicted octanol–water partition coefficient (Wildman–Crippen LogP) is 3.91. The van der Waals surface area contributed by atoms with E-state index in [2.05, 4.69) is 44.9 Å². The summed E-state index contributed by atoms with van der Waals surface area (Å²) in [6, 6.07) is 8.25. The molecule has 0 aliphatic carbocycles. The van der Waals surface area contributed by atoms with E-state index in [4.69, 9.17) is 4.98 Å². The summed E-state index contributed by atoms with van der Waals surface area (Å²) < 4.78 is 2.32. The molecular weight excluding hydrogens is 286 g/mol. The molecule has 1 aliphatic heterocycles. The lowest BCUT2D eigenvalue weighted by atomic mass is 10.1. The minimum Gasteiger partial charge on any atom is -0.308 e. The van der Waals surface area contributed by atoms with Crippen molar-refractivity contribution in [2.75, 3.05) is 11.5 Å². The first-order valence-electron chi connectivity index (χ1n) is 6.85. The Bertz CT molecular complexity index is 712. The van der Waals surface area contributed by atoms with E-state index in [0.717, 1.165) is 29.5 Å². The minimum absolute atomic E-state index is 0.748. The van der Waals surface area contributed by atoms with Gasteiger partial charge in [-0.1, -0.05) is 6.07 Å². The second kappa shape index (κ2) is 5.22. The molecular formula is C15H15N3S2. The molecule has 0 spiro atoms. The summed E-state index contributed by atoms with van der Waals surface area (Å²) in [5.74, 6) is 4.37. The van der Waals surface area contributed by atoms with Crippen LogP contribution in [0.3, 0.4) is 0 Å². The maximum absolute atomic E-state index is 4.80. The third-order valence-corrected chi connectivity index (χ3v) is 5.81. The fourth-order valence-corrected chi connectivity index (χ4v) is 4.71. The van der Waals surface area contributed by atoms with Gasteiger partial charge in [-0.05, 0) is 47.4 Å². The highest BCUT2D eigenvalue weighted by Gasteiger charge is 2.21. The van der Waals surface area contributed by atoms with E-state index in [9.17, 15) is 0 Å². The topological polar surface area (TPSA) is 30.7 Å². The Morgan fingerprint density at radius 3 is 3.10 bits per heavy atom. The van der Waals surface area contributed by atoms with Crippen molar-refractivity contribution < 1.29 is 0 Å². The molecule has 0 amide bonds. The van der Waals surface area contributed by atoms with Crippen LogP contribution in [0.25, 0.3) is 21.9 Å². The summed E-state index contributed by atoms with van der Waals surface area (Å²) in [6.07, 6.45) is 3.17. The number of thioether (sulfide) groups is 1. The summed E-state index contributed by atoms with van der Waals surface area (Å²) in [5.41, 5.74) is 2.02. The fourth-order valence-electron chi connectivity index (χ4n) is 2.71. The molecule has 1 atom stereocenters. The second-order valence-corrected chi connectivity index (χ2v) is 7.20. The van der Waals surface area contributed by atoms with Crippen molar-refractivity contribution in [1.29, 1.82) is 0 Å². The third kappa shape index (κ3) is 2.15. The number of aromatic nitrogens is 3. The lowest BCUT2D eigenvalue weighted by Crippen LogP contribution is -2.11. The largest absolute Gasteiger partial charge is 0.308 e. The highest BCUT2D eigenvalue weighted by atomic mass is 32.2. The normalized spacial score (nSPS) is 18.9. The molecule has 0 bridgehead atoms. The molecule has 5 heteroatoms. The van der Waals surface area contributed by atoms with Gasteiger partial charge in [-0.15, -0.1) is 11.3 Å². The Labute approximate surface area is 126 Å². The van der Waals surface area contributed by atoms with Crippen LogP contribution in [0.1, 0.15) is 6.42 Å². The van der Waals surface area contributed by atoms with Crippen LogP contribution >= 0.6 is 23.1 Å². The summed E-state index contributed by atoms with van der Waals surface area (Å²) >= 11 is 3.81. The van der Waals surface area contributed by atoms with E-state index in [1.807, 2.05) is 12.3 Å². The third-order valence-electron chi connectivity index (χ3n) is 3.71. The van der Waals surface area contributed by atoms with Crippen LogP contribution in [-0.2, 0) is 6.54 Å². The molecule has 4 heterocycles. The summed E-state index contributed by atoms with van der Waals surface area (Å²) in [7, 11) is 0.